The summed E-state index contributed by atoms with van der Waals surface area (Å²) >= 11 is 0. The SMILES string of the molecule is CCCCNc1cc(C)nc(Nc2ccc(C(C)=O)cc2)n1. The number of aromatic nitrogens is 2. The maximum atomic E-state index is 11.3. The molecule has 22 heavy (non-hydrogen) atoms. The van der Waals surface area contributed by atoms with E-state index >= 15 is 0 Å². The van der Waals surface area contributed by atoms with E-state index in [1.165, 1.54) is 0 Å². The number of ketones is 1. The van der Waals surface area contributed by atoms with Gasteiger partial charge >= 0.3 is 0 Å². The smallest absolute Gasteiger partial charge is 0.229 e. The first-order chi connectivity index (χ1) is 10.6. The summed E-state index contributed by atoms with van der Waals surface area (Å²) in [5.74, 6) is 1.43. The van der Waals surface area contributed by atoms with Crippen molar-refractivity contribution in [2.75, 3.05) is 17.2 Å². The van der Waals surface area contributed by atoms with E-state index in [-0.39, 0.29) is 5.78 Å². The van der Waals surface area contributed by atoms with Crippen LogP contribution >= 0.6 is 0 Å². The minimum absolute atomic E-state index is 0.0563. The predicted molar refractivity (Wildman–Crippen MR) is 89.9 cm³/mol. The fourth-order valence-corrected chi connectivity index (χ4v) is 2.03. The van der Waals surface area contributed by atoms with Gasteiger partial charge < -0.3 is 10.6 Å². The van der Waals surface area contributed by atoms with E-state index in [4.69, 9.17) is 0 Å². The summed E-state index contributed by atoms with van der Waals surface area (Å²) in [4.78, 5) is 20.1. The van der Waals surface area contributed by atoms with Crippen molar-refractivity contribution in [1.29, 1.82) is 0 Å². The highest BCUT2D eigenvalue weighted by Gasteiger charge is 2.04. The second-order valence-electron chi connectivity index (χ2n) is 5.26. The number of rotatable bonds is 7. The van der Waals surface area contributed by atoms with E-state index in [0.717, 1.165) is 36.6 Å². The summed E-state index contributed by atoms with van der Waals surface area (Å²) < 4.78 is 0. The largest absolute Gasteiger partial charge is 0.370 e. The number of unbranched alkanes of at least 4 members (excludes halogenated alkanes) is 1. The molecule has 0 unspecified atom stereocenters. The molecule has 0 aliphatic heterocycles. The van der Waals surface area contributed by atoms with Crippen LogP contribution in [-0.2, 0) is 0 Å². The van der Waals surface area contributed by atoms with Gasteiger partial charge in [0.25, 0.3) is 0 Å². The molecular weight excluding hydrogens is 276 g/mol. The number of aryl methyl sites for hydroxylation is 1. The zero-order chi connectivity index (χ0) is 15.9. The summed E-state index contributed by atoms with van der Waals surface area (Å²) in [7, 11) is 0. The first kappa shape index (κ1) is 15.9. The highest BCUT2D eigenvalue weighted by molar-refractivity contribution is 5.94. The van der Waals surface area contributed by atoms with Crippen LogP contribution in [0.1, 0.15) is 42.7 Å². The average molecular weight is 298 g/mol. The number of nitrogens with zero attached hydrogens (tertiary/aromatic N) is 2. The van der Waals surface area contributed by atoms with Crippen LogP contribution in [0.2, 0.25) is 0 Å². The Kier molecular flexibility index (Phi) is 5.47. The van der Waals surface area contributed by atoms with Crippen molar-refractivity contribution in [3.63, 3.8) is 0 Å². The second kappa shape index (κ2) is 7.54. The molecule has 1 aromatic carbocycles. The maximum Gasteiger partial charge on any atom is 0.229 e. The number of nitrogens with one attached hydrogen (secondary N) is 2. The molecule has 1 aromatic heterocycles. The van der Waals surface area contributed by atoms with Crippen molar-refractivity contribution in [1.82, 2.24) is 9.97 Å². The normalized spacial score (nSPS) is 10.3. The number of carbonyl (C=O) groups is 1. The predicted octanol–water partition coefficient (Wildman–Crippen LogP) is 3.94. The molecule has 1 heterocycles. The van der Waals surface area contributed by atoms with Crippen molar-refractivity contribution >= 4 is 23.2 Å². The van der Waals surface area contributed by atoms with Gasteiger partial charge in [0.05, 0.1) is 0 Å². The quantitative estimate of drug-likeness (QED) is 0.598. The Hall–Kier alpha value is -2.43. The lowest BCUT2D eigenvalue weighted by atomic mass is 10.1. The molecule has 0 radical (unpaired) electrons. The van der Waals surface area contributed by atoms with Crippen molar-refractivity contribution in [3.8, 4) is 0 Å². The van der Waals surface area contributed by atoms with Crippen LogP contribution in [0.5, 0.6) is 0 Å². The van der Waals surface area contributed by atoms with Gasteiger partial charge in [0.2, 0.25) is 5.95 Å². The van der Waals surface area contributed by atoms with Gasteiger partial charge in [-0.25, -0.2) is 4.98 Å². The minimum atomic E-state index is 0.0563. The molecule has 5 nitrogen and oxygen atoms in total. The lowest BCUT2D eigenvalue weighted by Crippen LogP contribution is -2.06. The third-order valence-electron chi connectivity index (χ3n) is 3.24. The Labute approximate surface area is 131 Å². The molecule has 0 aliphatic carbocycles. The summed E-state index contributed by atoms with van der Waals surface area (Å²) in [5, 5.41) is 6.47. The zero-order valence-corrected chi connectivity index (χ0v) is 13.3. The van der Waals surface area contributed by atoms with E-state index in [2.05, 4.69) is 27.5 Å². The van der Waals surface area contributed by atoms with Gasteiger partial charge in [0.1, 0.15) is 5.82 Å². The summed E-state index contributed by atoms with van der Waals surface area (Å²) in [6.07, 6.45) is 2.25. The standard InChI is InChI=1S/C17H22N4O/c1-4-5-10-18-16-11-12(2)19-17(21-16)20-15-8-6-14(7-9-15)13(3)22/h6-9,11H,4-5,10H2,1-3H3,(H2,18,19,20,21). The molecule has 0 amide bonds. The van der Waals surface area contributed by atoms with Crippen LogP contribution in [-0.4, -0.2) is 22.3 Å². The van der Waals surface area contributed by atoms with Gasteiger partial charge in [-0.2, -0.15) is 4.98 Å². The molecule has 5 heteroatoms. The Morgan fingerprint density at radius 1 is 1.18 bits per heavy atom. The maximum absolute atomic E-state index is 11.3. The number of carbonyl (C=O) groups excluding carboxylic acids is 1. The molecule has 0 saturated heterocycles. The van der Waals surface area contributed by atoms with Gasteiger partial charge in [-0.3, -0.25) is 4.79 Å². The van der Waals surface area contributed by atoms with Crippen molar-refractivity contribution < 1.29 is 4.79 Å². The number of hydrogen-bond donors (Lipinski definition) is 2. The van der Waals surface area contributed by atoms with Gasteiger partial charge in [0, 0.05) is 29.6 Å². The third-order valence-corrected chi connectivity index (χ3v) is 3.24. The van der Waals surface area contributed by atoms with Gasteiger partial charge in [0.15, 0.2) is 5.78 Å². The molecule has 0 saturated carbocycles. The van der Waals surface area contributed by atoms with E-state index < -0.39 is 0 Å². The highest BCUT2D eigenvalue weighted by Crippen LogP contribution is 2.16. The van der Waals surface area contributed by atoms with E-state index in [1.54, 1.807) is 19.1 Å². The molecule has 0 spiro atoms. The molecule has 2 aromatic rings. The monoisotopic (exact) mass is 298 g/mol. The number of anilines is 3. The van der Waals surface area contributed by atoms with Gasteiger partial charge in [-0.15, -0.1) is 0 Å². The average Bonchev–Trinajstić information content (AvgIpc) is 2.47. The summed E-state index contributed by atoms with van der Waals surface area (Å²) in [6.45, 7) is 6.56. The molecule has 2 N–H and O–H groups in total. The Morgan fingerprint density at radius 3 is 2.55 bits per heavy atom. The third kappa shape index (κ3) is 4.55. The van der Waals surface area contributed by atoms with Gasteiger partial charge in [-0.05, 0) is 44.5 Å². The molecule has 116 valence electrons. The molecule has 0 bridgehead atoms. The van der Waals surface area contributed by atoms with Crippen LogP contribution in [0.25, 0.3) is 0 Å². The lowest BCUT2D eigenvalue weighted by Gasteiger charge is -2.10. The van der Waals surface area contributed by atoms with Crippen LogP contribution in [0.3, 0.4) is 0 Å². The van der Waals surface area contributed by atoms with E-state index in [1.807, 2.05) is 25.1 Å². The van der Waals surface area contributed by atoms with E-state index in [0.29, 0.717) is 11.5 Å². The van der Waals surface area contributed by atoms with Crippen LogP contribution < -0.4 is 10.6 Å². The number of hydrogen-bond acceptors (Lipinski definition) is 5. The molecule has 0 atom stereocenters. The number of benzene rings is 1. The summed E-state index contributed by atoms with van der Waals surface area (Å²) in [6, 6.07) is 9.22. The number of Topliss-reactive ketones (excluding diaryl/α,β-unsaturated/α-hetero) is 1. The Bertz CT molecular complexity index is 638. The van der Waals surface area contributed by atoms with Crippen molar-refractivity contribution in [2.45, 2.75) is 33.6 Å². The van der Waals surface area contributed by atoms with E-state index in [9.17, 15) is 4.79 Å². The molecule has 2 rings (SSSR count). The van der Waals surface area contributed by atoms with Crippen molar-refractivity contribution in [2.24, 2.45) is 0 Å². The minimum Gasteiger partial charge on any atom is -0.370 e. The first-order valence-electron chi connectivity index (χ1n) is 7.56. The molecule has 0 fully saturated rings. The molecular formula is C17H22N4O. The van der Waals surface area contributed by atoms with Gasteiger partial charge in [-0.1, -0.05) is 13.3 Å². The molecule has 0 aliphatic rings. The zero-order valence-electron chi connectivity index (χ0n) is 13.3. The second-order valence-corrected chi connectivity index (χ2v) is 5.26. The Balaban J connectivity index is 2.09. The first-order valence-corrected chi connectivity index (χ1v) is 7.56. The fourth-order valence-electron chi connectivity index (χ4n) is 2.03. The van der Waals surface area contributed by atoms with Crippen LogP contribution in [0, 0.1) is 6.92 Å². The topological polar surface area (TPSA) is 66.9 Å². The van der Waals surface area contributed by atoms with Crippen molar-refractivity contribution in [3.05, 3.63) is 41.6 Å². The Morgan fingerprint density at radius 2 is 1.91 bits per heavy atom. The highest BCUT2D eigenvalue weighted by atomic mass is 16.1. The summed E-state index contributed by atoms with van der Waals surface area (Å²) in [5.41, 5.74) is 2.45. The van der Waals surface area contributed by atoms with Crippen LogP contribution in [0.15, 0.2) is 30.3 Å². The van der Waals surface area contributed by atoms with Crippen LogP contribution in [0.4, 0.5) is 17.5 Å². The lowest BCUT2D eigenvalue weighted by molar-refractivity contribution is 0.101. The fraction of sp³-hybridized carbons (Fsp3) is 0.353.